The molecule has 0 aliphatic carbocycles. The molecule has 1 saturated heterocycles. The number of carbonyl (C=O) groups excluding carboxylic acids is 1. The number of para-hydroxylation sites is 1. The summed E-state index contributed by atoms with van der Waals surface area (Å²) < 4.78 is 10.8. The van der Waals surface area contributed by atoms with Crippen molar-refractivity contribution < 1.29 is 14.3 Å². The maximum Gasteiger partial charge on any atom is 0.340 e. The number of aryl methyl sites for hydroxylation is 1. The topological polar surface area (TPSA) is 61.5 Å². The van der Waals surface area contributed by atoms with Gasteiger partial charge in [-0.05, 0) is 44.2 Å². The summed E-state index contributed by atoms with van der Waals surface area (Å²) in [5.41, 5.74) is 7.73. The van der Waals surface area contributed by atoms with Crippen LogP contribution in [0.1, 0.15) is 41.6 Å². The van der Waals surface area contributed by atoms with Gasteiger partial charge in [0.1, 0.15) is 0 Å². The molecule has 1 aromatic carbocycles. The van der Waals surface area contributed by atoms with Crippen molar-refractivity contribution in [1.29, 1.82) is 0 Å². The molecule has 1 heterocycles. The van der Waals surface area contributed by atoms with Crippen molar-refractivity contribution in [2.24, 2.45) is 0 Å². The van der Waals surface area contributed by atoms with Crippen LogP contribution in [0, 0.1) is 6.92 Å². The molecule has 0 bridgehead atoms. The van der Waals surface area contributed by atoms with Crippen molar-refractivity contribution in [2.75, 3.05) is 18.9 Å². The van der Waals surface area contributed by atoms with E-state index in [0.29, 0.717) is 24.0 Å². The smallest absolute Gasteiger partial charge is 0.340 e. The number of hydrogen-bond donors (Lipinski definition) is 1. The predicted octanol–water partition coefficient (Wildman–Crippen LogP) is 2.69. The molecule has 1 atom stereocenters. The van der Waals surface area contributed by atoms with E-state index in [4.69, 9.17) is 15.2 Å². The normalized spacial score (nSPS) is 18.5. The Kier molecular flexibility index (Phi) is 4.80. The molecule has 1 aromatic rings. The quantitative estimate of drug-likeness (QED) is 0.504. The molecule has 2 rings (SSSR count). The monoisotopic (exact) mass is 263 g/mol. The van der Waals surface area contributed by atoms with Gasteiger partial charge < -0.3 is 15.2 Å². The van der Waals surface area contributed by atoms with Crippen LogP contribution in [0.4, 0.5) is 5.69 Å². The summed E-state index contributed by atoms with van der Waals surface area (Å²) in [6, 6.07) is 5.39. The molecule has 19 heavy (non-hydrogen) atoms. The SMILES string of the molecule is Cc1cccc(C(=O)OCCCC2CCCO2)c1N. The molecule has 0 amide bonds. The largest absolute Gasteiger partial charge is 0.462 e. The van der Waals surface area contributed by atoms with E-state index in [1.807, 2.05) is 19.1 Å². The number of carbonyl (C=O) groups is 1. The van der Waals surface area contributed by atoms with Gasteiger partial charge in [-0.25, -0.2) is 4.79 Å². The van der Waals surface area contributed by atoms with E-state index in [1.165, 1.54) is 0 Å². The van der Waals surface area contributed by atoms with E-state index in [9.17, 15) is 4.79 Å². The van der Waals surface area contributed by atoms with E-state index >= 15 is 0 Å². The number of benzene rings is 1. The number of ether oxygens (including phenoxy) is 2. The summed E-state index contributed by atoms with van der Waals surface area (Å²) in [4.78, 5) is 11.9. The summed E-state index contributed by atoms with van der Waals surface area (Å²) in [5, 5.41) is 0. The van der Waals surface area contributed by atoms with E-state index in [1.54, 1.807) is 6.07 Å². The van der Waals surface area contributed by atoms with Gasteiger partial charge >= 0.3 is 5.97 Å². The second kappa shape index (κ2) is 6.57. The molecule has 1 fully saturated rings. The van der Waals surface area contributed by atoms with E-state index < -0.39 is 0 Å². The molecular formula is C15H21NO3. The highest BCUT2D eigenvalue weighted by molar-refractivity contribution is 5.95. The predicted molar refractivity (Wildman–Crippen MR) is 74.1 cm³/mol. The van der Waals surface area contributed by atoms with Crippen molar-refractivity contribution in [3.05, 3.63) is 29.3 Å². The van der Waals surface area contributed by atoms with E-state index in [-0.39, 0.29) is 5.97 Å². The van der Waals surface area contributed by atoms with Gasteiger partial charge in [0.15, 0.2) is 0 Å². The molecule has 4 nitrogen and oxygen atoms in total. The number of rotatable bonds is 5. The fourth-order valence-electron chi connectivity index (χ4n) is 2.28. The van der Waals surface area contributed by atoms with Gasteiger partial charge in [-0.2, -0.15) is 0 Å². The Morgan fingerprint density at radius 3 is 3.11 bits per heavy atom. The Balaban J connectivity index is 1.76. The molecule has 1 aliphatic rings. The lowest BCUT2D eigenvalue weighted by molar-refractivity contribution is 0.0462. The van der Waals surface area contributed by atoms with Crippen molar-refractivity contribution in [1.82, 2.24) is 0 Å². The number of hydrogen-bond acceptors (Lipinski definition) is 4. The first kappa shape index (κ1) is 13.9. The molecule has 1 unspecified atom stereocenters. The summed E-state index contributed by atoms with van der Waals surface area (Å²) in [6.07, 6.45) is 4.41. The van der Waals surface area contributed by atoms with E-state index in [2.05, 4.69) is 0 Å². The fourth-order valence-corrected chi connectivity index (χ4v) is 2.28. The van der Waals surface area contributed by atoms with Crippen LogP contribution in [0.2, 0.25) is 0 Å². The number of anilines is 1. The number of nitrogen functional groups attached to an aromatic ring is 1. The van der Waals surface area contributed by atoms with Crippen molar-refractivity contribution in [3.8, 4) is 0 Å². The average molecular weight is 263 g/mol. The molecule has 2 N–H and O–H groups in total. The van der Waals surface area contributed by atoms with Crippen LogP contribution < -0.4 is 5.73 Å². The minimum Gasteiger partial charge on any atom is -0.462 e. The standard InChI is InChI=1S/C15H21NO3/c1-11-5-2-8-13(14(11)16)15(17)19-10-4-7-12-6-3-9-18-12/h2,5,8,12H,3-4,6-7,9-10,16H2,1H3. The third-order valence-electron chi connectivity index (χ3n) is 3.47. The lowest BCUT2D eigenvalue weighted by atomic mass is 10.1. The van der Waals surface area contributed by atoms with Gasteiger partial charge in [-0.15, -0.1) is 0 Å². The first-order valence-electron chi connectivity index (χ1n) is 6.82. The molecule has 104 valence electrons. The molecule has 1 aliphatic heterocycles. The van der Waals surface area contributed by atoms with Crippen molar-refractivity contribution in [2.45, 2.75) is 38.7 Å². The first-order chi connectivity index (χ1) is 9.18. The van der Waals surface area contributed by atoms with Gasteiger partial charge in [0, 0.05) is 12.3 Å². The Bertz CT molecular complexity index is 439. The van der Waals surface area contributed by atoms with Crippen LogP contribution in [0.15, 0.2) is 18.2 Å². The summed E-state index contributed by atoms with van der Waals surface area (Å²) in [6.45, 7) is 3.17. The minimum atomic E-state index is -0.339. The maximum atomic E-state index is 11.9. The molecule has 0 saturated carbocycles. The van der Waals surface area contributed by atoms with Crippen molar-refractivity contribution in [3.63, 3.8) is 0 Å². The van der Waals surface area contributed by atoms with Crippen LogP contribution >= 0.6 is 0 Å². The first-order valence-corrected chi connectivity index (χ1v) is 6.82. The van der Waals surface area contributed by atoms with Gasteiger partial charge in [0.25, 0.3) is 0 Å². The van der Waals surface area contributed by atoms with Crippen LogP contribution in [0.25, 0.3) is 0 Å². The lowest BCUT2D eigenvalue weighted by Crippen LogP contribution is -2.12. The Labute approximate surface area is 113 Å². The number of nitrogens with two attached hydrogens (primary N) is 1. The Morgan fingerprint density at radius 1 is 1.53 bits per heavy atom. The zero-order valence-electron chi connectivity index (χ0n) is 11.4. The maximum absolute atomic E-state index is 11.9. The Hall–Kier alpha value is -1.55. The van der Waals surface area contributed by atoms with E-state index in [0.717, 1.165) is 37.9 Å². The van der Waals surface area contributed by atoms with Crippen molar-refractivity contribution >= 4 is 11.7 Å². The highest BCUT2D eigenvalue weighted by Gasteiger charge is 2.16. The van der Waals surface area contributed by atoms with Gasteiger partial charge in [-0.3, -0.25) is 0 Å². The second-order valence-corrected chi connectivity index (χ2v) is 4.95. The Morgan fingerprint density at radius 2 is 2.37 bits per heavy atom. The second-order valence-electron chi connectivity index (χ2n) is 4.95. The van der Waals surface area contributed by atoms with Crippen LogP contribution in [-0.2, 0) is 9.47 Å². The number of esters is 1. The zero-order chi connectivity index (χ0) is 13.7. The molecular weight excluding hydrogens is 242 g/mol. The van der Waals surface area contributed by atoms with Gasteiger partial charge in [-0.1, -0.05) is 12.1 Å². The van der Waals surface area contributed by atoms with Gasteiger partial charge in [0.05, 0.1) is 18.3 Å². The minimum absolute atomic E-state index is 0.339. The van der Waals surface area contributed by atoms with Gasteiger partial charge in [0.2, 0.25) is 0 Å². The van der Waals surface area contributed by atoms with Crippen LogP contribution in [0.3, 0.4) is 0 Å². The molecule has 0 aromatic heterocycles. The third-order valence-corrected chi connectivity index (χ3v) is 3.47. The third kappa shape index (κ3) is 3.70. The zero-order valence-corrected chi connectivity index (χ0v) is 11.4. The molecule has 4 heteroatoms. The summed E-state index contributed by atoms with van der Waals surface area (Å²) in [5.74, 6) is -0.339. The molecule has 0 spiro atoms. The van der Waals surface area contributed by atoms with Crippen LogP contribution in [-0.4, -0.2) is 25.3 Å². The summed E-state index contributed by atoms with van der Waals surface area (Å²) in [7, 11) is 0. The highest BCUT2D eigenvalue weighted by Crippen LogP contribution is 2.19. The molecule has 0 radical (unpaired) electrons. The average Bonchev–Trinajstić information content (AvgIpc) is 2.91. The summed E-state index contributed by atoms with van der Waals surface area (Å²) >= 11 is 0. The highest BCUT2D eigenvalue weighted by atomic mass is 16.5. The van der Waals surface area contributed by atoms with Crippen LogP contribution in [0.5, 0.6) is 0 Å². The lowest BCUT2D eigenvalue weighted by Gasteiger charge is -2.10. The fraction of sp³-hybridized carbons (Fsp3) is 0.533.